The maximum absolute atomic E-state index is 12.6. The molecule has 1 heterocycles. The minimum Gasteiger partial charge on any atom is -0.352 e. The monoisotopic (exact) mass is 319 g/mol. The molecule has 0 aliphatic rings. The van der Waals surface area contributed by atoms with Crippen molar-refractivity contribution in [1.82, 2.24) is 5.16 Å². The minimum absolute atomic E-state index is 0.0976. The number of benzene rings is 1. The van der Waals surface area contributed by atoms with E-state index in [0.717, 1.165) is 0 Å². The van der Waals surface area contributed by atoms with Gasteiger partial charge in [-0.05, 0) is 24.3 Å². The van der Waals surface area contributed by atoms with Crippen molar-refractivity contribution in [3.05, 3.63) is 51.8 Å². The second-order valence-corrected chi connectivity index (χ2v) is 4.32. The number of aromatic nitrogens is 1. The molecule has 0 spiro atoms. The summed E-state index contributed by atoms with van der Waals surface area (Å²) in [5.41, 5.74) is -1.07. The lowest BCUT2D eigenvalue weighted by Gasteiger charge is -2.04. The Morgan fingerprint density at radius 2 is 1.83 bits per heavy atom. The molecule has 0 fully saturated rings. The molecule has 0 N–H and O–H groups in total. The number of carbonyl (C=O) groups is 1. The molecule has 0 aliphatic carbocycles. The molecule has 0 aliphatic heterocycles. The molecule has 18 heavy (non-hydrogen) atoms. The highest BCUT2D eigenvalue weighted by atomic mass is 79.9. The number of nitrogens with zero attached hydrogens (tertiary/aromatic N) is 1. The van der Waals surface area contributed by atoms with E-state index in [1.165, 1.54) is 12.1 Å². The standard InChI is InChI=1S/C11H5BrF3NO2/c12-7-3-1-6(2-4-7)9(17)10-8(5-16-18-10)11(13,14)15/h1-5H. The highest BCUT2D eigenvalue weighted by Crippen LogP contribution is 2.32. The van der Waals surface area contributed by atoms with E-state index in [0.29, 0.717) is 10.7 Å². The van der Waals surface area contributed by atoms with Crippen molar-refractivity contribution < 1.29 is 22.5 Å². The van der Waals surface area contributed by atoms with E-state index in [1.54, 1.807) is 12.1 Å². The Balaban J connectivity index is 2.41. The smallest absolute Gasteiger partial charge is 0.352 e. The summed E-state index contributed by atoms with van der Waals surface area (Å²) in [7, 11) is 0. The SMILES string of the molecule is O=C(c1ccc(Br)cc1)c1oncc1C(F)(F)F. The highest BCUT2D eigenvalue weighted by Gasteiger charge is 2.38. The molecule has 7 heteroatoms. The van der Waals surface area contributed by atoms with E-state index >= 15 is 0 Å². The first-order valence-electron chi connectivity index (χ1n) is 4.71. The zero-order valence-corrected chi connectivity index (χ0v) is 10.2. The van der Waals surface area contributed by atoms with Crippen LogP contribution in [-0.4, -0.2) is 10.9 Å². The van der Waals surface area contributed by atoms with Gasteiger partial charge in [-0.3, -0.25) is 4.79 Å². The van der Waals surface area contributed by atoms with Gasteiger partial charge < -0.3 is 4.52 Å². The third-order valence-electron chi connectivity index (χ3n) is 2.19. The van der Waals surface area contributed by atoms with Crippen LogP contribution in [0.3, 0.4) is 0 Å². The molecule has 0 unspecified atom stereocenters. The summed E-state index contributed by atoms with van der Waals surface area (Å²) >= 11 is 3.16. The van der Waals surface area contributed by atoms with E-state index in [1.807, 2.05) is 0 Å². The Morgan fingerprint density at radius 3 is 2.39 bits per heavy atom. The van der Waals surface area contributed by atoms with Crippen molar-refractivity contribution in [2.45, 2.75) is 6.18 Å². The van der Waals surface area contributed by atoms with Gasteiger partial charge in [0.2, 0.25) is 11.5 Å². The third-order valence-corrected chi connectivity index (χ3v) is 2.72. The summed E-state index contributed by atoms with van der Waals surface area (Å²) in [6, 6.07) is 5.90. The van der Waals surface area contributed by atoms with Crippen molar-refractivity contribution in [2.24, 2.45) is 0 Å². The number of halogens is 4. The molecule has 1 aromatic heterocycles. The molecule has 0 saturated carbocycles. The Bertz CT molecular complexity index is 575. The minimum atomic E-state index is -4.67. The predicted octanol–water partition coefficient (Wildman–Crippen LogP) is 3.69. The Kier molecular flexibility index (Phi) is 3.25. The largest absolute Gasteiger partial charge is 0.421 e. The number of hydrogen-bond donors (Lipinski definition) is 0. The van der Waals surface area contributed by atoms with E-state index in [2.05, 4.69) is 25.6 Å². The summed E-state index contributed by atoms with van der Waals surface area (Å²) in [5.74, 6) is -1.66. The molecule has 0 atom stereocenters. The maximum atomic E-state index is 12.6. The zero-order valence-electron chi connectivity index (χ0n) is 8.66. The van der Waals surface area contributed by atoms with Gasteiger partial charge in [-0.1, -0.05) is 21.1 Å². The number of hydrogen-bond acceptors (Lipinski definition) is 3. The molecule has 0 radical (unpaired) electrons. The highest BCUT2D eigenvalue weighted by molar-refractivity contribution is 9.10. The Morgan fingerprint density at radius 1 is 1.22 bits per heavy atom. The lowest BCUT2D eigenvalue weighted by atomic mass is 10.1. The molecule has 0 saturated heterocycles. The second-order valence-electron chi connectivity index (χ2n) is 3.40. The van der Waals surface area contributed by atoms with E-state index < -0.39 is 23.3 Å². The first-order chi connectivity index (χ1) is 8.39. The van der Waals surface area contributed by atoms with E-state index in [-0.39, 0.29) is 5.56 Å². The summed E-state index contributed by atoms with van der Waals surface area (Å²) < 4.78 is 42.8. The van der Waals surface area contributed by atoms with Gasteiger partial charge in [0.1, 0.15) is 5.56 Å². The van der Waals surface area contributed by atoms with Crippen LogP contribution < -0.4 is 0 Å². The fourth-order valence-electron chi connectivity index (χ4n) is 1.34. The van der Waals surface area contributed by atoms with Crippen LogP contribution in [0, 0.1) is 0 Å². The van der Waals surface area contributed by atoms with Gasteiger partial charge in [0.15, 0.2) is 0 Å². The van der Waals surface area contributed by atoms with Crippen molar-refractivity contribution in [1.29, 1.82) is 0 Å². The van der Waals surface area contributed by atoms with Crippen LogP contribution in [0.1, 0.15) is 21.7 Å². The molecule has 94 valence electrons. The van der Waals surface area contributed by atoms with Gasteiger partial charge in [0.05, 0.1) is 6.20 Å². The molecular formula is C11H5BrF3NO2. The van der Waals surface area contributed by atoms with Gasteiger partial charge in [0, 0.05) is 10.0 Å². The van der Waals surface area contributed by atoms with Crippen LogP contribution >= 0.6 is 15.9 Å². The molecular weight excluding hydrogens is 315 g/mol. The van der Waals surface area contributed by atoms with Gasteiger partial charge >= 0.3 is 6.18 Å². The number of rotatable bonds is 2. The van der Waals surface area contributed by atoms with Gasteiger partial charge in [-0.2, -0.15) is 13.2 Å². The summed E-state index contributed by atoms with van der Waals surface area (Å²) in [6.07, 6.45) is -4.17. The van der Waals surface area contributed by atoms with Crippen LogP contribution in [-0.2, 0) is 6.18 Å². The molecule has 2 rings (SSSR count). The molecule has 0 bridgehead atoms. The zero-order chi connectivity index (χ0) is 13.3. The Labute approximate surface area is 108 Å². The van der Waals surface area contributed by atoms with Gasteiger partial charge in [-0.25, -0.2) is 0 Å². The second kappa shape index (κ2) is 4.56. The molecule has 1 aromatic carbocycles. The average Bonchev–Trinajstić information content (AvgIpc) is 2.77. The number of alkyl halides is 3. The van der Waals surface area contributed by atoms with E-state index in [9.17, 15) is 18.0 Å². The van der Waals surface area contributed by atoms with Gasteiger partial charge in [-0.15, -0.1) is 0 Å². The lowest BCUT2D eigenvalue weighted by Crippen LogP contribution is -2.11. The van der Waals surface area contributed by atoms with Crippen LogP contribution in [0.15, 0.2) is 39.5 Å². The quantitative estimate of drug-likeness (QED) is 0.793. The predicted molar refractivity (Wildman–Crippen MR) is 59.1 cm³/mol. The van der Waals surface area contributed by atoms with Crippen LogP contribution in [0.4, 0.5) is 13.2 Å². The van der Waals surface area contributed by atoms with Crippen molar-refractivity contribution in [3.8, 4) is 0 Å². The first-order valence-corrected chi connectivity index (χ1v) is 5.51. The maximum Gasteiger partial charge on any atom is 0.421 e. The van der Waals surface area contributed by atoms with Crippen LogP contribution in [0.5, 0.6) is 0 Å². The fourth-order valence-corrected chi connectivity index (χ4v) is 1.60. The molecule has 2 aromatic rings. The van der Waals surface area contributed by atoms with Crippen molar-refractivity contribution >= 4 is 21.7 Å². The Hall–Kier alpha value is -1.63. The summed E-state index contributed by atoms with van der Waals surface area (Å²) in [4.78, 5) is 11.8. The molecule has 3 nitrogen and oxygen atoms in total. The van der Waals surface area contributed by atoms with Gasteiger partial charge in [0.25, 0.3) is 0 Å². The number of carbonyl (C=O) groups excluding carboxylic acids is 1. The number of ketones is 1. The van der Waals surface area contributed by atoms with E-state index in [4.69, 9.17) is 0 Å². The third kappa shape index (κ3) is 2.45. The first kappa shape index (κ1) is 12.8. The fraction of sp³-hybridized carbons (Fsp3) is 0.0909. The normalized spacial score (nSPS) is 11.6. The van der Waals surface area contributed by atoms with Crippen LogP contribution in [0.2, 0.25) is 0 Å². The van der Waals surface area contributed by atoms with Crippen molar-refractivity contribution in [3.63, 3.8) is 0 Å². The average molecular weight is 320 g/mol. The van der Waals surface area contributed by atoms with Crippen molar-refractivity contribution in [2.75, 3.05) is 0 Å². The molecule has 0 amide bonds. The van der Waals surface area contributed by atoms with Crippen LogP contribution in [0.25, 0.3) is 0 Å². The summed E-state index contributed by atoms with van der Waals surface area (Å²) in [5, 5.41) is 3.03. The topological polar surface area (TPSA) is 43.1 Å². The lowest BCUT2D eigenvalue weighted by molar-refractivity contribution is -0.138. The summed E-state index contributed by atoms with van der Waals surface area (Å²) in [6.45, 7) is 0.